The van der Waals surface area contributed by atoms with Crippen LogP contribution in [0.15, 0.2) is 16.6 Å². The molecule has 0 aliphatic heterocycles. The molecule has 0 aliphatic carbocycles. The topological polar surface area (TPSA) is 88.2 Å². The molecule has 0 spiro atoms. The Kier molecular flexibility index (Phi) is 7.10. The number of nitrogens with two attached hydrogens (primary N) is 1. The van der Waals surface area contributed by atoms with Crippen LogP contribution in [0, 0.1) is 2.88 Å². The highest BCUT2D eigenvalue weighted by atomic mass is 127. The molecule has 0 bridgehead atoms. The number of halogens is 1. The highest BCUT2D eigenvalue weighted by Gasteiger charge is 2.17. The third-order valence-corrected chi connectivity index (χ3v) is 4.22. The average Bonchev–Trinajstić information content (AvgIpc) is 2.84. The van der Waals surface area contributed by atoms with Crippen molar-refractivity contribution in [2.24, 2.45) is 10.9 Å². The van der Waals surface area contributed by atoms with E-state index in [9.17, 15) is 4.79 Å². The van der Waals surface area contributed by atoms with Crippen LogP contribution in [-0.4, -0.2) is 48.7 Å². The van der Waals surface area contributed by atoms with Crippen molar-refractivity contribution in [3.63, 3.8) is 0 Å². The van der Waals surface area contributed by atoms with E-state index in [4.69, 9.17) is 15.7 Å². The summed E-state index contributed by atoms with van der Waals surface area (Å²) in [5.41, 5.74) is 6.08. The maximum Gasteiger partial charge on any atom is 0.254 e. The number of oxime groups is 1. The van der Waals surface area contributed by atoms with Crippen molar-refractivity contribution >= 4 is 45.7 Å². The molecule has 1 aromatic rings. The molecule has 19 heavy (non-hydrogen) atoms. The van der Waals surface area contributed by atoms with E-state index in [0.29, 0.717) is 31.7 Å². The molecule has 0 saturated heterocycles. The Balaban J connectivity index is 2.69. The number of thiophene rings is 1. The fourth-order valence-corrected chi connectivity index (χ4v) is 2.74. The lowest BCUT2D eigenvalue weighted by Gasteiger charge is -2.21. The molecule has 1 amide bonds. The SMILES string of the molecule is COCCN(CCC(N)=NO)C(=O)c1csc(I)c1. The summed E-state index contributed by atoms with van der Waals surface area (Å²) in [6, 6.07) is 1.84. The molecule has 8 heteroatoms. The molecule has 1 heterocycles. The molecule has 0 aliphatic rings. The van der Waals surface area contributed by atoms with Crippen LogP contribution < -0.4 is 5.73 Å². The van der Waals surface area contributed by atoms with Crippen molar-refractivity contribution in [2.75, 3.05) is 26.8 Å². The quantitative estimate of drug-likeness (QED) is 0.241. The van der Waals surface area contributed by atoms with Gasteiger partial charge in [-0.2, -0.15) is 0 Å². The molecule has 0 saturated carbocycles. The van der Waals surface area contributed by atoms with Crippen LogP contribution in [0.3, 0.4) is 0 Å². The second-order valence-electron chi connectivity index (χ2n) is 3.77. The number of amides is 1. The van der Waals surface area contributed by atoms with Crippen molar-refractivity contribution in [3.8, 4) is 0 Å². The number of carbonyl (C=O) groups is 1. The van der Waals surface area contributed by atoms with E-state index in [1.165, 1.54) is 11.3 Å². The molecular weight excluding hydrogens is 381 g/mol. The second-order valence-corrected chi connectivity index (χ2v) is 6.57. The molecule has 0 atom stereocenters. The smallest absolute Gasteiger partial charge is 0.254 e. The first kappa shape index (κ1) is 16.2. The summed E-state index contributed by atoms with van der Waals surface area (Å²) in [7, 11) is 1.58. The van der Waals surface area contributed by atoms with Crippen LogP contribution in [0.5, 0.6) is 0 Å². The zero-order valence-corrected chi connectivity index (χ0v) is 13.5. The van der Waals surface area contributed by atoms with Crippen LogP contribution in [0.25, 0.3) is 0 Å². The minimum Gasteiger partial charge on any atom is -0.409 e. The molecule has 106 valence electrons. The first-order valence-corrected chi connectivity index (χ1v) is 7.53. The van der Waals surface area contributed by atoms with Gasteiger partial charge in [0.25, 0.3) is 5.91 Å². The standard InChI is InChI=1S/C11H16IN3O3S/c1-18-5-4-15(3-2-10(13)14-17)11(16)8-6-9(12)19-7-8/h6-7,17H,2-5H2,1H3,(H2,13,14). The number of carbonyl (C=O) groups excluding carboxylic acids is 1. The van der Waals surface area contributed by atoms with E-state index < -0.39 is 0 Å². The number of methoxy groups -OCH3 is 1. The van der Waals surface area contributed by atoms with Crippen molar-refractivity contribution in [2.45, 2.75) is 6.42 Å². The monoisotopic (exact) mass is 397 g/mol. The maximum absolute atomic E-state index is 12.3. The van der Waals surface area contributed by atoms with Gasteiger partial charge in [0, 0.05) is 32.0 Å². The normalized spacial score (nSPS) is 11.6. The minimum atomic E-state index is -0.0676. The van der Waals surface area contributed by atoms with Crippen LogP contribution in [-0.2, 0) is 4.74 Å². The van der Waals surface area contributed by atoms with Crippen molar-refractivity contribution in [3.05, 3.63) is 19.9 Å². The number of nitrogens with zero attached hydrogens (tertiary/aromatic N) is 2. The summed E-state index contributed by atoms with van der Waals surface area (Å²) in [6.07, 6.45) is 0.327. The Labute approximate surface area is 129 Å². The molecule has 6 nitrogen and oxygen atoms in total. The van der Waals surface area contributed by atoms with Crippen molar-refractivity contribution in [1.29, 1.82) is 0 Å². The van der Waals surface area contributed by atoms with Crippen molar-refractivity contribution < 1.29 is 14.7 Å². The predicted molar refractivity (Wildman–Crippen MR) is 82.8 cm³/mol. The van der Waals surface area contributed by atoms with Gasteiger partial charge >= 0.3 is 0 Å². The highest BCUT2D eigenvalue weighted by molar-refractivity contribution is 14.1. The summed E-state index contributed by atoms with van der Waals surface area (Å²) < 4.78 is 6.05. The summed E-state index contributed by atoms with van der Waals surface area (Å²) in [4.78, 5) is 13.9. The van der Waals surface area contributed by atoms with E-state index in [2.05, 4.69) is 27.7 Å². The van der Waals surface area contributed by atoms with Gasteiger partial charge in [-0.1, -0.05) is 5.16 Å². The Morgan fingerprint density at radius 3 is 2.89 bits per heavy atom. The Hall–Kier alpha value is -0.870. The van der Waals surface area contributed by atoms with Gasteiger partial charge in [0.05, 0.1) is 15.1 Å². The number of hydrogen-bond donors (Lipinski definition) is 2. The van der Waals surface area contributed by atoms with Gasteiger partial charge in [-0.05, 0) is 28.7 Å². The first-order valence-electron chi connectivity index (χ1n) is 5.57. The second kappa shape index (κ2) is 8.33. The van der Waals surface area contributed by atoms with Crippen LogP contribution in [0.1, 0.15) is 16.8 Å². The summed E-state index contributed by atoms with van der Waals surface area (Å²) in [6.45, 7) is 1.31. The summed E-state index contributed by atoms with van der Waals surface area (Å²) in [5.74, 6) is 0.0390. The highest BCUT2D eigenvalue weighted by Crippen LogP contribution is 2.18. The number of rotatable bonds is 7. The first-order chi connectivity index (χ1) is 9.08. The predicted octanol–water partition coefficient (Wildman–Crippen LogP) is 1.58. The lowest BCUT2D eigenvalue weighted by molar-refractivity contribution is 0.0701. The number of amidine groups is 1. The van der Waals surface area contributed by atoms with E-state index in [0.717, 1.165) is 2.88 Å². The van der Waals surface area contributed by atoms with Gasteiger partial charge in [0.2, 0.25) is 0 Å². The molecule has 1 rings (SSSR count). The third kappa shape index (κ3) is 5.33. The lowest BCUT2D eigenvalue weighted by Crippen LogP contribution is -2.36. The van der Waals surface area contributed by atoms with E-state index in [1.54, 1.807) is 12.0 Å². The Morgan fingerprint density at radius 2 is 2.37 bits per heavy atom. The van der Waals surface area contributed by atoms with E-state index >= 15 is 0 Å². The van der Waals surface area contributed by atoms with Gasteiger partial charge in [-0.3, -0.25) is 4.79 Å². The van der Waals surface area contributed by atoms with Gasteiger partial charge in [0.1, 0.15) is 5.84 Å². The lowest BCUT2D eigenvalue weighted by atomic mass is 10.2. The Morgan fingerprint density at radius 1 is 1.63 bits per heavy atom. The van der Waals surface area contributed by atoms with E-state index in [-0.39, 0.29) is 11.7 Å². The van der Waals surface area contributed by atoms with Gasteiger partial charge < -0.3 is 20.6 Å². The summed E-state index contributed by atoms with van der Waals surface area (Å²) in [5, 5.41) is 13.2. The molecule has 0 aromatic carbocycles. The average molecular weight is 397 g/mol. The van der Waals surface area contributed by atoms with Gasteiger partial charge in [0.15, 0.2) is 0 Å². The fourth-order valence-electron chi connectivity index (χ4n) is 1.42. The van der Waals surface area contributed by atoms with Crippen molar-refractivity contribution in [1.82, 2.24) is 4.90 Å². The molecule has 0 unspecified atom stereocenters. The zero-order chi connectivity index (χ0) is 14.3. The molecule has 0 radical (unpaired) electrons. The molecule has 1 aromatic heterocycles. The number of hydrogen-bond acceptors (Lipinski definition) is 5. The van der Waals surface area contributed by atoms with Crippen LogP contribution >= 0.6 is 33.9 Å². The van der Waals surface area contributed by atoms with Gasteiger partial charge in [-0.25, -0.2) is 0 Å². The fraction of sp³-hybridized carbons (Fsp3) is 0.455. The molecule has 0 fully saturated rings. The number of ether oxygens (including phenoxy) is 1. The largest absolute Gasteiger partial charge is 0.409 e. The maximum atomic E-state index is 12.3. The molecule has 3 N–H and O–H groups in total. The van der Waals surface area contributed by atoms with Gasteiger partial charge in [-0.15, -0.1) is 11.3 Å². The third-order valence-electron chi connectivity index (χ3n) is 2.43. The summed E-state index contributed by atoms with van der Waals surface area (Å²) >= 11 is 3.70. The molecular formula is C11H16IN3O3S. The van der Waals surface area contributed by atoms with E-state index in [1.807, 2.05) is 11.4 Å². The minimum absolute atomic E-state index is 0.0676. The van der Waals surface area contributed by atoms with Crippen LogP contribution in [0.2, 0.25) is 0 Å². The van der Waals surface area contributed by atoms with Crippen LogP contribution in [0.4, 0.5) is 0 Å². The Bertz CT molecular complexity index is 450. The zero-order valence-electron chi connectivity index (χ0n) is 10.5.